The van der Waals surface area contributed by atoms with Crippen molar-refractivity contribution in [1.82, 2.24) is 0 Å². The van der Waals surface area contributed by atoms with E-state index in [1.165, 1.54) is 0 Å². The van der Waals surface area contributed by atoms with Crippen molar-refractivity contribution < 1.29 is 64.7 Å². The minimum absolute atomic E-state index is 0. The van der Waals surface area contributed by atoms with Gasteiger partial charge in [0.05, 0.1) is 0 Å². The van der Waals surface area contributed by atoms with E-state index in [9.17, 15) is 19.5 Å². The number of carboxylic acid groups (broad SMARTS) is 2. The Morgan fingerprint density at radius 1 is 1.19 bits per heavy atom. The van der Waals surface area contributed by atoms with Crippen molar-refractivity contribution in [3.63, 3.8) is 0 Å². The molecule has 1 heterocycles. The molecule has 0 saturated heterocycles. The summed E-state index contributed by atoms with van der Waals surface area (Å²) in [5.74, 6) is -4.78. The third-order valence-corrected chi connectivity index (χ3v) is 1.18. The topological polar surface area (TPSA) is 171 Å². The zero-order chi connectivity index (χ0) is 10.0. The van der Waals surface area contributed by atoms with Gasteiger partial charge in [0.1, 0.15) is 5.97 Å². The van der Waals surface area contributed by atoms with E-state index >= 15 is 0 Å². The molecule has 9 heteroatoms. The summed E-state index contributed by atoms with van der Waals surface area (Å²) in [4.78, 5) is 31.2. The molecule has 5 N–H and O–H groups in total. The average molecular weight is 242 g/mol. The predicted molar refractivity (Wildman–Crippen MR) is 43.5 cm³/mol. The van der Waals surface area contributed by atoms with Crippen LogP contribution in [0.4, 0.5) is 0 Å². The fourth-order valence-corrected chi connectivity index (χ4v) is 0.683. The maximum absolute atomic E-state index is 10.7. The largest absolute Gasteiger partial charge is 1.00 e. The van der Waals surface area contributed by atoms with Gasteiger partial charge in [-0.2, -0.15) is 0 Å². The molecule has 1 aromatic heterocycles. The number of carboxylic acids is 2. The van der Waals surface area contributed by atoms with Crippen LogP contribution in [0.15, 0.2) is 21.3 Å². The Kier molecular flexibility index (Phi) is 10.2. The Hall–Kier alpha value is -1.19. The van der Waals surface area contributed by atoms with Crippen LogP contribution < -0.4 is 40.1 Å². The van der Waals surface area contributed by atoms with E-state index < -0.39 is 28.9 Å². The van der Waals surface area contributed by atoms with E-state index in [-0.39, 0.29) is 40.5 Å². The second-order valence-corrected chi connectivity index (χ2v) is 2.11. The average Bonchev–Trinajstić information content (AvgIpc) is 2.03. The summed E-state index contributed by atoms with van der Waals surface area (Å²) in [6.45, 7) is 0. The Morgan fingerprint density at radius 3 is 2.00 bits per heavy atom. The van der Waals surface area contributed by atoms with Gasteiger partial charge in [-0.15, -0.1) is 0 Å². The van der Waals surface area contributed by atoms with Gasteiger partial charge < -0.3 is 30.4 Å². The molecule has 0 bridgehead atoms. The van der Waals surface area contributed by atoms with Crippen LogP contribution in [0.2, 0.25) is 0 Å². The fraction of sp³-hybridized carbons (Fsp3) is 0. The molecule has 8 nitrogen and oxygen atoms in total. The number of aromatic carboxylic acids is 2. The molecule has 16 heavy (non-hydrogen) atoms. The van der Waals surface area contributed by atoms with Crippen LogP contribution in [0.1, 0.15) is 21.1 Å². The molecule has 84 valence electrons. The molecule has 0 aliphatic rings. The summed E-state index contributed by atoms with van der Waals surface area (Å²) >= 11 is 0. The van der Waals surface area contributed by atoms with Gasteiger partial charge in [-0.1, -0.05) is 0 Å². The van der Waals surface area contributed by atoms with Gasteiger partial charge >= 0.3 is 35.5 Å². The predicted octanol–water partition coefficient (Wildman–Crippen LogP) is -5.94. The third kappa shape index (κ3) is 5.05. The zero-order valence-electron chi connectivity index (χ0n) is 8.14. The molecule has 0 spiro atoms. The van der Waals surface area contributed by atoms with E-state index in [1.807, 2.05) is 0 Å². The molecule has 1 rings (SSSR count). The normalized spacial score (nSPS) is 7.75. The smallest absolute Gasteiger partial charge is 0.542 e. The second kappa shape index (κ2) is 8.02. The number of hydrogen-bond donors (Lipinski definition) is 1. The molecule has 0 amide bonds. The van der Waals surface area contributed by atoms with Crippen LogP contribution in [0.3, 0.4) is 0 Å². The summed E-state index contributed by atoms with van der Waals surface area (Å²) < 4.78 is 4.32. The summed E-state index contributed by atoms with van der Waals surface area (Å²) in [6, 6.07) is 1.32. The Bertz CT molecular complexity index is 387. The minimum atomic E-state index is -1.74. The van der Waals surface area contributed by atoms with Crippen LogP contribution in [-0.4, -0.2) is 28.0 Å². The van der Waals surface area contributed by atoms with Crippen LogP contribution in [0.5, 0.6) is 0 Å². The van der Waals surface area contributed by atoms with Gasteiger partial charge in [0, 0.05) is 12.1 Å². The van der Waals surface area contributed by atoms with Gasteiger partial charge in [0.15, 0.2) is 11.2 Å². The molecule has 0 aliphatic carbocycles. The summed E-state index contributed by atoms with van der Waals surface area (Å²) in [5.41, 5.74) is -0.761. The van der Waals surface area contributed by atoms with Crippen molar-refractivity contribution in [1.29, 1.82) is 0 Å². The molecule has 0 atom stereocenters. The SMILES string of the molecule is O.O.O=C([O-])c1cc(=O)cc(C(=O)O)o1.[Na+]. The van der Waals surface area contributed by atoms with Crippen molar-refractivity contribution in [2.45, 2.75) is 0 Å². The minimum Gasteiger partial charge on any atom is -0.542 e. The number of carbonyl (C=O) groups is 2. The third-order valence-electron chi connectivity index (χ3n) is 1.18. The van der Waals surface area contributed by atoms with Gasteiger partial charge in [0.25, 0.3) is 0 Å². The van der Waals surface area contributed by atoms with Crippen molar-refractivity contribution in [3.05, 3.63) is 33.9 Å². The van der Waals surface area contributed by atoms with E-state index in [2.05, 4.69) is 4.42 Å². The van der Waals surface area contributed by atoms with Crippen LogP contribution in [0.25, 0.3) is 0 Å². The van der Waals surface area contributed by atoms with E-state index in [0.717, 1.165) is 0 Å². The van der Waals surface area contributed by atoms with Crippen LogP contribution in [-0.2, 0) is 0 Å². The fourth-order valence-electron chi connectivity index (χ4n) is 0.683. The van der Waals surface area contributed by atoms with Gasteiger partial charge in [0.2, 0.25) is 5.76 Å². The van der Waals surface area contributed by atoms with Crippen LogP contribution in [0, 0.1) is 0 Å². The van der Waals surface area contributed by atoms with Gasteiger partial charge in [-0.3, -0.25) is 4.79 Å². The molecular weight excluding hydrogens is 235 g/mol. The first-order valence-electron chi connectivity index (χ1n) is 3.10. The number of rotatable bonds is 2. The van der Waals surface area contributed by atoms with Gasteiger partial charge in [-0.25, -0.2) is 4.79 Å². The molecule has 0 aliphatic heterocycles. The Morgan fingerprint density at radius 2 is 1.62 bits per heavy atom. The molecular formula is C7H7NaO8. The molecule has 0 aromatic carbocycles. The van der Waals surface area contributed by atoms with E-state index in [1.54, 1.807) is 0 Å². The monoisotopic (exact) mass is 242 g/mol. The van der Waals surface area contributed by atoms with Crippen molar-refractivity contribution in [3.8, 4) is 0 Å². The van der Waals surface area contributed by atoms with E-state index in [4.69, 9.17) is 5.11 Å². The molecule has 0 fully saturated rings. The Labute approximate surface area is 110 Å². The summed E-state index contributed by atoms with van der Waals surface area (Å²) in [7, 11) is 0. The molecule has 0 unspecified atom stereocenters. The van der Waals surface area contributed by atoms with Crippen LogP contribution >= 0.6 is 0 Å². The van der Waals surface area contributed by atoms with E-state index in [0.29, 0.717) is 12.1 Å². The maximum atomic E-state index is 10.7. The van der Waals surface area contributed by atoms with Crippen molar-refractivity contribution >= 4 is 11.9 Å². The van der Waals surface area contributed by atoms with Crippen molar-refractivity contribution in [2.24, 2.45) is 0 Å². The standard InChI is InChI=1S/C7H4O6.Na.2H2O/c8-3-1-4(6(9)10)13-5(2-3)7(11)12;;;/h1-2H,(H,9,10)(H,11,12);;2*1H2/q;+1;;/p-1. The van der Waals surface area contributed by atoms with Crippen molar-refractivity contribution in [2.75, 3.05) is 0 Å². The summed E-state index contributed by atoms with van der Waals surface area (Å²) in [5, 5.41) is 18.6. The maximum Gasteiger partial charge on any atom is 1.00 e. The number of carbonyl (C=O) groups excluding carboxylic acids is 1. The summed E-state index contributed by atoms with van der Waals surface area (Å²) in [6.07, 6.45) is 0. The molecule has 0 radical (unpaired) electrons. The first-order valence-corrected chi connectivity index (χ1v) is 3.10. The first-order chi connectivity index (χ1) is 6.00. The van der Waals surface area contributed by atoms with Gasteiger partial charge in [-0.05, 0) is 0 Å². The first kappa shape index (κ1) is 20.3. The molecule has 1 aromatic rings. The quantitative estimate of drug-likeness (QED) is 0.505. The second-order valence-electron chi connectivity index (χ2n) is 2.11. The molecule has 0 saturated carbocycles. The zero-order valence-corrected chi connectivity index (χ0v) is 10.1. The number of hydrogen-bond acceptors (Lipinski definition) is 5. The Balaban J connectivity index is -0.000000563.